The van der Waals surface area contributed by atoms with Gasteiger partial charge in [-0.25, -0.2) is 0 Å². The first-order chi connectivity index (χ1) is 27.6. The van der Waals surface area contributed by atoms with Gasteiger partial charge in [-0.2, -0.15) is 0 Å². The first-order valence-electron chi connectivity index (χ1n) is 18.4. The van der Waals surface area contributed by atoms with Crippen molar-refractivity contribution < 1.29 is 129 Å². The van der Waals surface area contributed by atoms with Crippen LogP contribution >= 0.6 is 0 Å². The van der Waals surface area contributed by atoms with Gasteiger partial charge in [-0.1, -0.05) is 0 Å². The van der Waals surface area contributed by atoms with E-state index in [0.717, 1.165) is 7.11 Å². The molecule has 5 aliphatic heterocycles. The van der Waals surface area contributed by atoms with E-state index in [0.29, 0.717) is 0 Å². The van der Waals surface area contributed by atoms with Crippen molar-refractivity contribution in [1.82, 2.24) is 0 Å². The fourth-order valence-corrected chi connectivity index (χ4v) is 7.55. The van der Waals surface area contributed by atoms with Crippen molar-refractivity contribution in [3.63, 3.8) is 0 Å². The van der Waals surface area contributed by atoms with Crippen LogP contribution in [0, 0.1) is 0 Å². The molecule has 5 saturated heterocycles. The topological polar surface area (TPSA) is 405 Å². The Balaban J connectivity index is 1.26. The molecule has 0 amide bonds. The summed E-state index contributed by atoms with van der Waals surface area (Å²) in [5.41, 5.74) is 0. The van der Waals surface area contributed by atoms with Gasteiger partial charge in [0, 0.05) is 14.2 Å². The molecule has 26 nitrogen and oxygen atoms in total. The molecule has 58 heavy (non-hydrogen) atoms. The molecular weight excluding hydrogens is 800 g/mol. The summed E-state index contributed by atoms with van der Waals surface area (Å²) in [4.78, 5) is 0. The molecule has 5 fully saturated rings. The highest BCUT2D eigenvalue weighted by molar-refractivity contribution is 4.99. The summed E-state index contributed by atoms with van der Waals surface area (Å²) in [6, 6.07) is 0. The van der Waals surface area contributed by atoms with Crippen LogP contribution in [0.5, 0.6) is 0 Å². The SMILES string of the molecule is CO[C@@H]1C(O)OC(CO)C(OC2OC(CO)C(OC3OC(CO)C(OC4OC(CO)C(O)C(OC5OC(CO)[C@@H](OC)C(O)C5O)C4O)C(O)C3O)C(O)C2O)C1O. The summed E-state index contributed by atoms with van der Waals surface area (Å²) in [6.45, 7) is -4.26. The van der Waals surface area contributed by atoms with Gasteiger partial charge < -0.3 is 129 Å². The van der Waals surface area contributed by atoms with E-state index in [2.05, 4.69) is 0 Å². The van der Waals surface area contributed by atoms with E-state index >= 15 is 0 Å². The maximum Gasteiger partial charge on any atom is 0.187 e. The average molecular weight is 857 g/mol. The molecule has 0 bridgehead atoms. The van der Waals surface area contributed by atoms with Crippen molar-refractivity contribution in [2.24, 2.45) is 0 Å². The van der Waals surface area contributed by atoms with Crippen LogP contribution in [0.15, 0.2) is 0 Å². The minimum Gasteiger partial charge on any atom is -0.394 e. The number of ether oxygens (including phenoxy) is 11. The van der Waals surface area contributed by atoms with Crippen molar-refractivity contribution in [3.8, 4) is 0 Å². The Morgan fingerprint density at radius 2 is 0.621 bits per heavy atom. The van der Waals surface area contributed by atoms with Crippen LogP contribution in [0.2, 0.25) is 0 Å². The number of rotatable bonds is 15. The fraction of sp³-hybridized carbons (Fsp3) is 1.00. The summed E-state index contributed by atoms with van der Waals surface area (Å²) in [6.07, 6.45) is -43.1. The highest BCUT2D eigenvalue weighted by atomic mass is 16.8. The standard InChI is InChI=1S/C32H56O26/c1-48-22-9(4-34)52-31(17(42)14(22)39)58-26-13(38)8(3-33)51-32(21(26)46)56-24-12(7-37)53-29(18(43)16(24)41)55-23-11(6-36)54-30(19(44)15(23)40)57-25-10(5-35)50-28(47)27(49-2)20(25)45/h8-47H,3-7H2,1-2H3/t8?,9?,10?,11?,12?,13?,14?,15?,16?,17?,18?,19?,20?,21?,22-,23?,24?,25?,26?,27+,28?,29?,30?,31?,32?/m1/s1. The van der Waals surface area contributed by atoms with E-state index < -0.39 is 187 Å². The van der Waals surface area contributed by atoms with Gasteiger partial charge in [-0.15, -0.1) is 0 Å². The third-order valence-electron chi connectivity index (χ3n) is 10.8. The Morgan fingerprint density at radius 1 is 0.310 bits per heavy atom. The van der Waals surface area contributed by atoms with Crippen molar-refractivity contribution in [3.05, 3.63) is 0 Å². The molecule has 5 aliphatic rings. The molecule has 25 atom stereocenters. The van der Waals surface area contributed by atoms with E-state index in [1.807, 2.05) is 0 Å². The Kier molecular flexibility index (Phi) is 17.3. The molecule has 0 spiro atoms. The summed E-state index contributed by atoms with van der Waals surface area (Å²) < 4.78 is 60.2. The third kappa shape index (κ3) is 9.62. The predicted octanol–water partition coefficient (Wildman–Crippen LogP) is -10.6. The highest BCUT2D eigenvalue weighted by Crippen LogP contribution is 2.36. The molecule has 5 rings (SSSR count). The molecular formula is C32H56O26. The number of methoxy groups -OCH3 is 2. The second-order valence-corrected chi connectivity index (χ2v) is 14.4. The largest absolute Gasteiger partial charge is 0.394 e. The summed E-state index contributed by atoms with van der Waals surface area (Å²) in [5, 5.41) is 158. The van der Waals surface area contributed by atoms with Gasteiger partial charge >= 0.3 is 0 Å². The maximum absolute atomic E-state index is 11.2. The maximum atomic E-state index is 11.2. The van der Waals surface area contributed by atoms with E-state index in [1.165, 1.54) is 7.11 Å². The lowest BCUT2D eigenvalue weighted by atomic mass is 9.95. The second-order valence-electron chi connectivity index (χ2n) is 14.4. The number of hydrogen-bond donors (Lipinski definition) is 15. The molecule has 0 radical (unpaired) electrons. The van der Waals surface area contributed by atoms with Gasteiger partial charge in [0.15, 0.2) is 31.5 Å². The molecule has 0 aliphatic carbocycles. The molecule has 0 saturated carbocycles. The summed E-state index contributed by atoms with van der Waals surface area (Å²) >= 11 is 0. The van der Waals surface area contributed by atoms with Crippen LogP contribution in [0.1, 0.15) is 0 Å². The number of aliphatic hydroxyl groups is 15. The van der Waals surface area contributed by atoms with Crippen LogP contribution in [0.3, 0.4) is 0 Å². The Labute approximate surface area is 329 Å². The molecule has 340 valence electrons. The van der Waals surface area contributed by atoms with Crippen LogP contribution in [-0.2, 0) is 52.1 Å². The molecule has 0 aromatic heterocycles. The Morgan fingerprint density at radius 3 is 1.02 bits per heavy atom. The normalized spacial score (nSPS) is 51.8. The quantitative estimate of drug-likeness (QED) is 0.0727. The van der Waals surface area contributed by atoms with E-state index in [9.17, 15) is 76.6 Å². The van der Waals surface area contributed by atoms with Gasteiger partial charge in [-0.05, 0) is 0 Å². The summed E-state index contributed by atoms with van der Waals surface area (Å²) in [7, 11) is 2.35. The van der Waals surface area contributed by atoms with E-state index in [-0.39, 0.29) is 0 Å². The molecule has 23 unspecified atom stereocenters. The number of hydrogen-bond acceptors (Lipinski definition) is 26. The van der Waals surface area contributed by atoms with Gasteiger partial charge in [0.25, 0.3) is 0 Å². The average Bonchev–Trinajstić information content (AvgIpc) is 3.21. The Hall–Kier alpha value is -1.04. The summed E-state index contributed by atoms with van der Waals surface area (Å²) in [5.74, 6) is 0. The highest BCUT2D eigenvalue weighted by Gasteiger charge is 2.56. The van der Waals surface area contributed by atoms with Gasteiger partial charge in [0.1, 0.15) is 122 Å². The van der Waals surface area contributed by atoms with Crippen molar-refractivity contribution in [1.29, 1.82) is 0 Å². The van der Waals surface area contributed by atoms with E-state index in [1.54, 1.807) is 0 Å². The predicted molar refractivity (Wildman–Crippen MR) is 176 cm³/mol. The molecule has 15 N–H and O–H groups in total. The van der Waals surface area contributed by atoms with Crippen LogP contribution in [-0.4, -0.2) is 277 Å². The minimum atomic E-state index is -2.11. The first-order valence-corrected chi connectivity index (χ1v) is 18.4. The molecule has 0 aromatic carbocycles. The van der Waals surface area contributed by atoms with Crippen molar-refractivity contribution in [2.75, 3.05) is 47.3 Å². The Bertz CT molecular complexity index is 1240. The third-order valence-corrected chi connectivity index (χ3v) is 10.8. The van der Waals surface area contributed by atoms with Gasteiger partial charge in [0.05, 0.1) is 33.0 Å². The lowest BCUT2D eigenvalue weighted by Gasteiger charge is -2.49. The second kappa shape index (κ2) is 20.9. The smallest absolute Gasteiger partial charge is 0.187 e. The van der Waals surface area contributed by atoms with E-state index in [4.69, 9.17) is 52.1 Å². The molecule has 5 heterocycles. The number of aliphatic hydroxyl groups excluding tert-OH is 15. The zero-order valence-electron chi connectivity index (χ0n) is 31.2. The van der Waals surface area contributed by atoms with Crippen LogP contribution in [0.25, 0.3) is 0 Å². The lowest BCUT2D eigenvalue weighted by Crippen LogP contribution is -2.68. The zero-order valence-corrected chi connectivity index (χ0v) is 31.2. The van der Waals surface area contributed by atoms with Crippen molar-refractivity contribution >= 4 is 0 Å². The zero-order chi connectivity index (χ0) is 42.7. The molecule has 0 aromatic rings. The van der Waals surface area contributed by atoms with Gasteiger partial charge in [0.2, 0.25) is 0 Å². The lowest BCUT2D eigenvalue weighted by molar-refractivity contribution is -0.393. The van der Waals surface area contributed by atoms with Gasteiger partial charge in [-0.3, -0.25) is 0 Å². The van der Waals surface area contributed by atoms with Crippen LogP contribution in [0.4, 0.5) is 0 Å². The van der Waals surface area contributed by atoms with Crippen LogP contribution < -0.4 is 0 Å². The first kappa shape index (κ1) is 48.0. The van der Waals surface area contributed by atoms with Crippen molar-refractivity contribution in [2.45, 2.75) is 154 Å². The monoisotopic (exact) mass is 856 g/mol. The molecule has 26 heteroatoms. The fourth-order valence-electron chi connectivity index (χ4n) is 7.55. The minimum absolute atomic E-state index is 0.695.